The van der Waals surface area contributed by atoms with Crippen LogP contribution in [0, 0.1) is 0 Å². The average molecular weight is 243 g/mol. The van der Waals surface area contributed by atoms with Crippen molar-refractivity contribution in [3.63, 3.8) is 0 Å². The molecule has 0 spiro atoms. The van der Waals surface area contributed by atoms with Gasteiger partial charge in [0.2, 0.25) is 0 Å². The van der Waals surface area contributed by atoms with Gasteiger partial charge in [0.25, 0.3) is 0 Å². The molecule has 1 unspecified atom stereocenters. The van der Waals surface area contributed by atoms with Crippen LogP contribution >= 0.6 is 0 Å². The van der Waals surface area contributed by atoms with Crippen molar-refractivity contribution in [3.8, 4) is 11.4 Å². The van der Waals surface area contributed by atoms with Gasteiger partial charge in [-0.15, -0.1) is 0 Å². The van der Waals surface area contributed by atoms with Crippen molar-refractivity contribution in [1.82, 2.24) is 14.9 Å². The van der Waals surface area contributed by atoms with E-state index >= 15 is 0 Å². The topological polar surface area (TPSA) is 29.9 Å². The number of rotatable bonds is 5. The highest BCUT2D eigenvalue weighted by molar-refractivity contribution is 5.61. The first-order valence-corrected chi connectivity index (χ1v) is 6.54. The molecule has 0 saturated carbocycles. The fraction of sp³-hybridized carbons (Fsp3) is 0.400. The predicted octanol–water partition coefficient (Wildman–Crippen LogP) is 3.15. The van der Waals surface area contributed by atoms with Crippen molar-refractivity contribution < 1.29 is 0 Å². The summed E-state index contributed by atoms with van der Waals surface area (Å²) in [7, 11) is 2.03. The molecule has 3 heteroatoms. The van der Waals surface area contributed by atoms with E-state index in [0.29, 0.717) is 6.04 Å². The second kappa shape index (κ2) is 5.83. The summed E-state index contributed by atoms with van der Waals surface area (Å²) in [6, 6.07) is 8.82. The van der Waals surface area contributed by atoms with Gasteiger partial charge >= 0.3 is 0 Å². The molecule has 0 amide bonds. The number of nitrogens with one attached hydrogen (secondary N) is 1. The molecule has 0 saturated heterocycles. The Balaban J connectivity index is 2.34. The first-order valence-electron chi connectivity index (χ1n) is 6.54. The zero-order valence-corrected chi connectivity index (χ0v) is 11.4. The normalized spacial score (nSPS) is 12.6. The highest BCUT2D eigenvalue weighted by Gasteiger charge is 2.13. The second-order valence-electron chi connectivity index (χ2n) is 4.62. The molecular weight excluding hydrogens is 222 g/mol. The smallest absolute Gasteiger partial charge is 0.139 e. The van der Waals surface area contributed by atoms with Crippen LogP contribution in [0.15, 0.2) is 36.7 Å². The monoisotopic (exact) mass is 243 g/mol. The molecule has 0 fully saturated rings. The summed E-state index contributed by atoms with van der Waals surface area (Å²) in [5.41, 5.74) is 2.52. The SMILES string of the molecule is CCCNC(C)c1ccccc1-c1nccn1C. The number of aromatic nitrogens is 2. The number of hydrogen-bond donors (Lipinski definition) is 1. The molecule has 1 aromatic carbocycles. The first-order chi connectivity index (χ1) is 8.74. The minimum atomic E-state index is 0.345. The van der Waals surface area contributed by atoms with E-state index in [-0.39, 0.29) is 0 Å². The fourth-order valence-electron chi connectivity index (χ4n) is 2.17. The van der Waals surface area contributed by atoms with Crippen molar-refractivity contribution in [1.29, 1.82) is 0 Å². The van der Waals surface area contributed by atoms with Crippen molar-refractivity contribution in [2.75, 3.05) is 6.54 Å². The summed E-state index contributed by atoms with van der Waals surface area (Å²) in [6.45, 7) is 5.43. The zero-order chi connectivity index (χ0) is 13.0. The lowest BCUT2D eigenvalue weighted by Gasteiger charge is -2.17. The second-order valence-corrected chi connectivity index (χ2v) is 4.62. The van der Waals surface area contributed by atoms with Crippen LogP contribution in [-0.4, -0.2) is 16.1 Å². The largest absolute Gasteiger partial charge is 0.334 e. The van der Waals surface area contributed by atoms with Crippen molar-refractivity contribution >= 4 is 0 Å². The van der Waals surface area contributed by atoms with Crippen LogP contribution in [-0.2, 0) is 7.05 Å². The fourth-order valence-corrected chi connectivity index (χ4v) is 2.17. The Hall–Kier alpha value is -1.61. The lowest BCUT2D eigenvalue weighted by molar-refractivity contribution is 0.571. The van der Waals surface area contributed by atoms with Crippen molar-refractivity contribution in [3.05, 3.63) is 42.2 Å². The van der Waals surface area contributed by atoms with Crippen LogP contribution in [0.1, 0.15) is 31.9 Å². The Morgan fingerprint density at radius 1 is 1.33 bits per heavy atom. The summed E-state index contributed by atoms with van der Waals surface area (Å²) >= 11 is 0. The van der Waals surface area contributed by atoms with Gasteiger partial charge in [-0.05, 0) is 25.5 Å². The van der Waals surface area contributed by atoms with E-state index in [4.69, 9.17) is 0 Å². The lowest BCUT2D eigenvalue weighted by atomic mass is 10.0. The number of benzene rings is 1. The molecule has 0 bridgehead atoms. The lowest BCUT2D eigenvalue weighted by Crippen LogP contribution is -2.20. The molecule has 0 aliphatic rings. The molecule has 0 radical (unpaired) electrons. The minimum absolute atomic E-state index is 0.345. The van der Waals surface area contributed by atoms with Gasteiger partial charge in [-0.25, -0.2) is 4.98 Å². The molecule has 96 valence electrons. The van der Waals surface area contributed by atoms with Crippen molar-refractivity contribution in [2.24, 2.45) is 7.05 Å². The number of nitrogens with zero attached hydrogens (tertiary/aromatic N) is 2. The van der Waals surface area contributed by atoms with Crippen LogP contribution in [0.3, 0.4) is 0 Å². The van der Waals surface area contributed by atoms with Gasteiger partial charge in [0, 0.05) is 31.0 Å². The van der Waals surface area contributed by atoms with E-state index in [9.17, 15) is 0 Å². The third-order valence-electron chi connectivity index (χ3n) is 3.19. The van der Waals surface area contributed by atoms with Gasteiger partial charge in [0.1, 0.15) is 5.82 Å². The maximum Gasteiger partial charge on any atom is 0.139 e. The Bertz CT molecular complexity index is 502. The van der Waals surface area contributed by atoms with E-state index in [1.54, 1.807) is 0 Å². The van der Waals surface area contributed by atoms with Gasteiger partial charge in [-0.3, -0.25) is 0 Å². The van der Waals surface area contributed by atoms with Gasteiger partial charge in [0.15, 0.2) is 0 Å². The highest BCUT2D eigenvalue weighted by atomic mass is 15.0. The number of hydrogen-bond acceptors (Lipinski definition) is 2. The van der Waals surface area contributed by atoms with Crippen LogP contribution in [0.25, 0.3) is 11.4 Å². The molecule has 18 heavy (non-hydrogen) atoms. The molecule has 1 aromatic heterocycles. The van der Waals surface area contributed by atoms with E-state index < -0.39 is 0 Å². The minimum Gasteiger partial charge on any atom is -0.334 e. The molecule has 0 aliphatic carbocycles. The summed E-state index contributed by atoms with van der Waals surface area (Å²) in [4.78, 5) is 4.44. The Kier molecular flexibility index (Phi) is 4.15. The summed E-state index contributed by atoms with van der Waals surface area (Å²) in [5, 5.41) is 3.53. The van der Waals surface area contributed by atoms with Crippen LogP contribution in [0.2, 0.25) is 0 Å². The van der Waals surface area contributed by atoms with Gasteiger partial charge < -0.3 is 9.88 Å². The third-order valence-corrected chi connectivity index (χ3v) is 3.19. The average Bonchev–Trinajstić information content (AvgIpc) is 2.82. The van der Waals surface area contributed by atoms with Gasteiger partial charge in [0.05, 0.1) is 0 Å². The van der Waals surface area contributed by atoms with Crippen LogP contribution in [0.4, 0.5) is 0 Å². The third kappa shape index (κ3) is 2.62. The molecule has 3 nitrogen and oxygen atoms in total. The number of imidazole rings is 1. The highest BCUT2D eigenvalue weighted by Crippen LogP contribution is 2.26. The molecule has 2 rings (SSSR count). The molecule has 2 aromatic rings. The Morgan fingerprint density at radius 3 is 2.78 bits per heavy atom. The van der Waals surface area contributed by atoms with Crippen molar-refractivity contribution in [2.45, 2.75) is 26.3 Å². The van der Waals surface area contributed by atoms with Gasteiger partial charge in [-0.2, -0.15) is 0 Å². The maximum absolute atomic E-state index is 4.44. The standard InChI is InChI=1S/C15H21N3/c1-4-9-16-12(2)13-7-5-6-8-14(13)15-17-10-11-18(15)3/h5-8,10-12,16H,4,9H2,1-3H3. The maximum atomic E-state index is 4.44. The molecule has 1 atom stereocenters. The van der Waals surface area contributed by atoms with E-state index in [0.717, 1.165) is 18.8 Å². The van der Waals surface area contributed by atoms with E-state index in [1.165, 1.54) is 11.1 Å². The van der Waals surface area contributed by atoms with Crippen LogP contribution < -0.4 is 5.32 Å². The van der Waals surface area contributed by atoms with E-state index in [2.05, 4.69) is 53.0 Å². The molecule has 1 heterocycles. The molecule has 1 N–H and O–H groups in total. The Morgan fingerprint density at radius 2 is 2.11 bits per heavy atom. The summed E-state index contributed by atoms with van der Waals surface area (Å²) < 4.78 is 2.06. The Labute approximate surface area is 109 Å². The predicted molar refractivity (Wildman–Crippen MR) is 75.4 cm³/mol. The van der Waals surface area contributed by atoms with E-state index in [1.807, 2.05) is 19.4 Å². The summed E-state index contributed by atoms with van der Waals surface area (Å²) in [6.07, 6.45) is 4.97. The number of aryl methyl sites for hydroxylation is 1. The van der Waals surface area contributed by atoms with Gasteiger partial charge in [-0.1, -0.05) is 31.2 Å². The van der Waals surface area contributed by atoms with Crippen LogP contribution in [0.5, 0.6) is 0 Å². The molecular formula is C15H21N3. The zero-order valence-electron chi connectivity index (χ0n) is 11.4. The molecule has 0 aliphatic heterocycles. The summed E-state index contributed by atoms with van der Waals surface area (Å²) in [5.74, 6) is 1.02. The quantitative estimate of drug-likeness (QED) is 0.874. The first kappa shape index (κ1) is 12.8.